The maximum atomic E-state index is 12.3. The zero-order chi connectivity index (χ0) is 13.0. The zero-order valence-corrected chi connectivity index (χ0v) is 10.9. The quantitative estimate of drug-likeness (QED) is 0.839. The van der Waals surface area contributed by atoms with Crippen LogP contribution in [0.3, 0.4) is 0 Å². The van der Waals surface area contributed by atoms with Crippen molar-refractivity contribution in [3.63, 3.8) is 0 Å². The summed E-state index contributed by atoms with van der Waals surface area (Å²) in [5, 5.41) is 8.76. The molecule has 1 saturated carbocycles. The lowest BCUT2D eigenvalue weighted by Gasteiger charge is -2.34. The van der Waals surface area contributed by atoms with Gasteiger partial charge in [-0.2, -0.15) is 0 Å². The average molecular weight is 253 g/mol. The molecular weight excluding hydrogens is 230 g/mol. The molecule has 102 valence electrons. The molecule has 0 unspecified atom stereocenters. The number of hydrogen-bond acceptors (Lipinski definition) is 2. The molecule has 0 spiro atoms. The van der Waals surface area contributed by atoms with E-state index in [-0.39, 0.29) is 18.3 Å². The minimum Gasteiger partial charge on any atom is -0.481 e. The van der Waals surface area contributed by atoms with Gasteiger partial charge in [-0.15, -0.1) is 0 Å². The van der Waals surface area contributed by atoms with Gasteiger partial charge < -0.3 is 10.0 Å². The molecule has 2 fully saturated rings. The molecule has 1 aliphatic heterocycles. The lowest BCUT2D eigenvalue weighted by atomic mass is 9.87. The standard InChI is InChI=1S/C14H23NO3/c16-13(17)10-11-6-8-15(9-7-11)14(18)12-4-2-1-3-5-12/h11-12H,1-10H2,(H,16,17). The highest BCUT2D eigenvalue weighted by Gasteiger charge is 2.29. The van der Waals surface area contributed by atoms with Gasteiger partial charge in [0.2, 0.25) is 5.91 Å². The van der Waals surface area contributed by atoms with Gasteiger partial charge in [0, 0.05) is 25.4 Å². The fourth-order valence-corrected chi connectivity index (χ4v) is 3.21. The highest BCUT2D eigenvalue weighted by atomic mass is 16.4. The molecule has 1 heterocycles. The number of hydrogen-bond donors (Lipinski definition) is 1. The average Bonchev–Trinajstić information content (AvgIpc) is 2.39. The Labute approximate surface area is 108 Å². The van der Waals surface area contributed by atoms with Gasteiger partial charge in [0.15, 0.2) is 0 Å². The number of likely N-dealkylation sites (tertiary alicyclic amines) is 1. The molecule has 18 heavy (non-hydrogen) atoms. The van der Waals surface area contributed by atoms with Crippen molar-refractivity contribution < 1.29 is 14.7 Å². The Kier molecular flexibility index (Phi) is 4.61. The molecule has 1 saturated heterocycles. The van der Waals surface area contributed by atoms with Gasteiger partial charge in [0.1, 0.15) is 0 Å². The van der Waals surface area contributed by atoms with E-state index in [1.807, 2.05) is 4.90 Å². The number of carboxylic acids is 1. The van der Waals surface area contributed by atoms with Gasteiger partial charge in [-0.25, -0.2) is 0 Å². The van der Waals surface area contributed by atoms with Crippen LogP contribution < -0.4 is 0 Å². The van der Waals surface area contributed by atoms with Crippen LogP contribution in [0.15, 0.2) is 0 Å². The van der Waals surface area contributed by atoms with Crippen LogP contribution in [0.25, 0.3) is 0 Å². The number of nitrogens with zero attached hydrogens (tertiary/aromatic N) is 1. The molecule has 4 heteroatoms. The number of carbonyl (C=O) groups excluding carboxylic acids is 1. The van der Waals surface area contributed by atoms with Gasteiger partial charge in [-0.1, -0.05) is 19.3 Å². The highest BCUT2D eigenvalue weighted by Crippen LogP contribution is 2.28. The van der Waals surface area contributed by atoms with Crippen molar-refractivity contribution in [2.45, 2.75) is 51.4 Å². The second-order valence-electron chi connectivity index (χ2n) is 5.70. The fraction of sp³-hybridized carbons (Fsp3) is 0.857. The van der Waals surface area contributed by atoms with E-state index in [1.54, 1.807) is 0 Å². The smallest absolute Gasteiger partial charge is 0.303 e. The summed E-state index contributed by atoms with van der Waals surface area (Å²) >= 11 is 0. The van der Waals surface area contributed by atoms with Gasteiger partial charge in [0.25, 0.3) is 0 Å². The van der Waals surface area contributed by atoms with Crippen LogP contribution in [0.1, 0.15) is 51.4 Å². The molecule has 0 radical (unpaired) electrons. The first-order chi connectivity index (χ1) is 8.66. The van der Waals surface area contributed by atoms with E-state index >= 15 is 0 Å². The number of piperidine rings is 1. The van der Waals surface area contributed by atoms with Crippen molar-refractivity contribution in [1.29, 1.82) is 0 Å². The minimum absolute atomic E-state index is 0.245. The summed E-state index contributed by atoms with van der Waals surface area (Å²) in [4.78, 5) is 24.9. The van der Waals surface area contributed by atoms with Crippen molar-refractivity contribution in [2.75, 3.05) is 13.1 Å². The first kappa shape index (κ1) is 13.4. The molecular formula is C14H23NO3. The molecule has 1 aliphatic carbocycles. The predicted molar refractivity (Wildman–Crippen MR) is 68.1 cm³/mol. The van der Waals surface area contributed by atoms with Crippen LogP contribution in [0.5, 0.6) is 0 Å². The molecule has 0 bridgehead atoms. The van der Waals surface area contributed by atoms with Crippen molar-refractivity contribution in [1.82, 2.24) is 4.90 Å². The lowest BCUT2D eigenvalue weighted by molar-refractivity contribution is -0.139. The topological polar surface area (TPSA) is 57.6 Å². The fourth-order valence-electron chi connectivity index (χ4n) is 3.21. The third-order valence-corrected chi connectivity index (χ3v) is 4.34. The summed E-state index contributed by atoms with van der Waals surface area (Å²) in [7, 11) is 0. The van der Waals surface area contributed by atoms with E-state index in [0.717, 1.165) is 38.8 Å². The van der Waals surface area contributed by atoms with Crippen molar-refractivity contribution in [3.8, 4) is 0 Å². The molecule has 0 aromatic heterocycles. The Hall–Kier alpha value is -1.06. The molecule has 2 aliphatic rings. The van der Waals surface area contributed by atoms with Crippen LogP contribution in [-0.4, -0.2) is 35.0 Å². The summed E-state index contributed by atoms with van der Waals surface area (Å²) in [5.74, 6) is 0.114. The van der Waals surface area contributed by atoms with Crippen LogP contribution in [0.2, 0.25) is 0 Å². The number of carbonyl (C=O) groups is 2. The van der Waals surface area contributed by atoms with Gasteiger partial charge >= 0.3 is 5.97 Å². The molecule has 0 aromatic carbocycles. The molecule has 1 N–H and O–H groups in total. The van der Waals surface area contributed by atoms with Crippen LogP contribution in [-0.2, 0) is 9.59 Å². The van der Waals surface area contributed by atoms with Crippen LogP contribution >= 0.6 is 0 Å². The summed E-state index contributed by atoms with van der Waals surface area (Å²) in [6.45, 7) is 1.51. The first-order valence-electron chi connectivity index (χ1n) is 7.17. The third-order valence-electron chi connectivity index (χ3n) is 4.34. The second-order valence-corrected chi connectivity index (χ2v) is 5.70. The van der Waals surface area contributed by atoms with Crippen molar-refractivity contribution >= 4 is 11.9 Å². The van der Waals surface area contributed by atoms with Crippen LogP contribution in [0.4, 0.5) is 0 Å². The summed E-state index contributed by atoms with van der Waals surface area (Å²) < 4.78 is 0. The normalized spacial score (nSPS) is 23.0. The van der Waals surface area contributed by atoms with Crippen molar-refractivity contribution in [2.24, 2.45) is 11.8 Å². The third kappa shape index (κ3) is 3.47. The number of amides is 1. The largest absolute Gasteiger partial charge is 0.481 e. The molecule has 4 nitrogen and oxygen atoms in total. The predicted octanol–water partition coefficient (Wildman–Crippen LogP) is 2.28. The first-order valence-corrected chi connectivity index (χ1v) is 7.17. The van der Waals surface area contributed by atoms with Gasteiger partial charge in [-0.05, 0) is 31.6 Å². The SMILES string of the molecule is O=C(O)CC1CCN(C(=O)C2CCCCC2)CC1. The highest BCUT2D eigenvalue weighted by molar-refractivity contribution is 5.79. The van der Waals surface area contributed by atoms with Crippen LogP contribution in [0, 0.1) is 11.8 Å². The van der Waals surface area contributed by atoms with E-state index in [2.05, 4.69) is 0 Å². The Morgan fingerprint density at radius 2 is 1.61 bits per heavy atom. The Bertz CT molecular complexity index is 302. The zero-order valence-electron chi connectivity index (χ0n) is 10.9. The van der Waals surface area contributed by atoms with E-state index < -0.39 is 5.97 Å². The molecule has 2 rings (SSSR count). The van der Waals surface area contributed by atoms with E-state index in [1.165, 1.54) is 19.3 Å². The number of aliphatic carboxylic acids is 1. The van der Waals surface area contributed by atoms with Crippen molar-refractivity contribution in [3.05, 3.63) is 0 Å². The summed E-state index contributed by atoms with van der Waals surface area (Å²) in [6.07, 6.45) is 7.70. The maximum Gasteiger partial charge on any atom is 0.303 e. The second kappa shape index (κ2) is 6.21. The molecule has 1 amide bonds. The minimum atomic E-state index is -0.716. The molecule has 0 aromatic rings. The number of rotatable bonds is 3. The number of carboxylic acid groups (broad SMARTS) is 1. The monoisotopic (exact) mass is 253 g/mol. The van der Waals surface area contributed by atoms with Gasteiger partial charge in [0.05, 0.1) is 0 Å². The summed E-state index contributed by atoms with van der Waals surface area (Å²) in [6, 6.07) is 0. The van der Waals surface area contributed by atoms with E-state index in [9.17, 15) is 9.59 Å². The van der Waals surface area contributed by atoms with E-state index in [4.69, 9.17) is 5.11 Å². The maximum absolute atomic E-state index is 12.3. The Morgan fingerprint density at radius 3 is 2.17 bits per heavy atom. The Balaban J connectivity index is 1.78. The molecule has 0 atom stereocenters. The van der Waals surface area contributed by atoms with E-state index in [0.29, 0.717) is 5.91 Å². The Morgan fingerprint density at radius 1 is 1.00 bits per heavy atom. The van der Waals surface area contributed by atoms with Gasteiger partial charge in [-0.3, -0.25) is 9.59 Å². The summed E-state index contributed by atoms with van der Waals surface area (Å²) in [5.41, 5.74) is 0. The lowest BCUT2D eigenvalue weighted by Crippen LogP contribution is -2.42.